The molecule has 0 bridgehead atoms. The first kappa shape index (κ1) is 16.2. The van der Waals surface area contributed by atoms with Crippen LogP contribution in [0.15, 0.2) is 12.2 Å². The SMILES string of the molecule is C=C(C(=O)[O-])C(N(CCC)CCC)C(C)(C)C. The lowest BCUT2D eigenvalue weighted by atomic mass is 9.81. The van der Waals surface area contributed by atoms with Gasteiger partial charge in [0, 0.05) is 6.04 Å². The van der Waals surface area contributed by atoms with Crippen LogP contribution in [0.25, 0.3) is 0 Å². The highest BCUT2D eigenvalue weighted by molar-refractivity contribution is 5.85. The average Bonchev–Trinajstić information content (AvgIpc) is 2.16. The fourth-order valence-corrected chi connectivity index (χ4v) is 2.35. The van der Waals surface area contributed by atoms with Gasteiger partial charge in [-0.05, 0) is 36.9 Å². The van der Waals surface area contributed by atoms with Crippen LogP contribution in [0.5, 0.6) is 0 Å². The zero-order valence-corrected chi connectivity index (χ0v) is 11.9. The van der Waals surface area contributed by atoms with Gasteiger partial charge in [0.15, 0.2) is 0 Å². The minimum absolute atomic E-state index is 0.151. The van der Waals surface area contributed by atoms with Crippen molar-refractivity contribution in [2.24, 2.45) is 5.41 Å². The Morgan fingerprint density at radius 1 is 1.24 bits per heavy atom. The summed E-state index contributed by atoms with van der Waals surface area (Å²) in [5, 5.41) is 11.1. The van der Waals surface area contributed by atoms with Crippen molar-refractivity contribution >= 4 is 5.97 Å². The molecule has 0 aromatic heterocycles. The molecule has 0 rings (SSSR count). The van der Waals surface area contributed by atoms with Crippen molar-refractivity contribution < 1.29 is 9.90 Å². The Bertz CT molecular complexity index is 260. The molecule has 1 atom stereocenters. The predicted octanol–water partition coefficient (Wildman–Crippen LogP) is 1.83. The number of carbonyl (C=O) groups is 1. The molecule has 100 valence electrons. The van der Waals surface area contributed by atoms with E-state index in [-0.39, 0.29) is 17.0 Å². The zero-order valence-electron chi connectivity index (χ0n) is 11.9. The van der Waals surface area contributed by atoms with E-state index >= 15 is 0 Å². The van der Waals surface area contributed by atoms with E-state index < -0.39 is 5.97 Å². The Kier molecular flexibility index (Phi) is 6.46. The van der Waals surface area contributed by atoms with Crippen molar-refractivity contribution in [1.29, 1.82) is 0 Å². The fourth-order valence-electron chi connectivity index (χ4n) is 2.35. The summed E-state index contributed by atoms with van der Waals surface area (Å²) in [5.41, 5.74) is 0.0426. The molecule has 0 fully saturated rings. The summed E-state index contributed by atoms with van der Waals surface area (Å²) in [5.74, 6) is -1.14. The molecular weight excluding hydrogens is 214 g/mol. The Morgan fingerprint density at radius 2 is 1.65 bits per heavy atom. The first-order valence-corrected chi connectivity index (χ1v) is 6.39. The molecule has 0 amide bonds. The van der Waals surface area contributed by atoms with E-state index in [0.717, 1.165) is 25.9 Å². The largest absolute Gasteiger partial charge is 0.545 e. The molecule has 0 aliphatic carbocycles. The topological polar surface area (TPSA) is 43.4 Å². The van der Waals surface area contributed by atoms with Gasteiger partial charge in [0.1, 0.15) is 0 Å². The maximum absolute atomic E-state index is 11.1. The number of carboxylic acid groups (broad SMARTS) is 1. The summed E-state index contributed by atoms with van der Waals surface area (Å²) < 4.78 is 0. The number of hydrogen-bond acceptors (Lipinski definition) is 3. The van der Waals surface area contributed by atoms with Crippen LogP contribution in [0.4, 0.5) is 0 Å². The Balaban J connectivity index is 5.12. The molecular formula is C14H26NO2-. The van der Waals surface area contributed by atoms with Crippen LogP contribution in [0.1, 0.15) is 47.5 Å². The lowest BCUT2D eigenvalue weighted by Gasteiger charge is -2.41. The molecule has 0 aliphatic rings. The van der Waals surface area contributed by atoms with E-state index in [1.807, 2.05) is 20.8 Å². The number of carbonyl (C=O) groups excluding carboxylic acids is 1. The number of carboxylic acids is 1. The predicted molar refractivity (Wildman–Crippen MR) is 69.5 cm³/mol. The maximum Gasteiger partial charge on any atom is 0.0685 e. The number of aliphatic carboxylic acids is 1. The monoisotopic (exact) mass is 240 g/mol. The van der Waals surface area contributed by atoms with Crippen LogP contribution >= 0.6 is 0 Å². The number of hydrogen-bond donors (Lipinski definition) is 0. The van der Waals surface area contributed by atoms with E-state index in [0.29, 0.717) is 0 Å². The minimum Gasteiger partial charge on any atom is -0.545 e. The number of nitrogens with zero attached hydrogens (tertiary/aromatic N) is 1. The van der Waals surface area contributed by atoms with Gasteiger partial charge in [0.2, 0.25) is 0 Å². The second-order valence-electron chi connectivity index (χ2n) is 5.62. The second-order valence-corrected chi connectivity index (χ2v) is 5.62. The molecule has 0 radical (unpaired) electrons. The third kappa shape index (κ3) is 4.90. The van der Waals surface area contributed by atoms with Crippen molar-refractivity contribution in [3.8, 4) is 0 Å². The fraction of sp³-hybridized carbons (Fsp3) is 0.786. The van der Waals surface area contributed by atoms with Crippen molar-refractivity contribution in [2.75, 3.05) is 13.1 Å². The molecule has 0 aromatic carbocycles. The highest BCUT2D eigenvalue weighted by atomic mass is 16.4. The Labute approximate surface area is 106 Å². The van der Waals surface area contributed by atoms with Crippen LogP contribution in [-0.4, -0.2) is 30.0 Å². The molecule has 0 saturated heterocycles. The molecule has 0 heterocycles. The molecule has 0 aliphatic heterocycles. The van der Waals surface area contributed by atoms with Crippen molar-refractivity contribution in [1.82, 2.24) is 4.90 Å². The van der Waals surface area contributed by atoms with Gasteiger partial charge in [-0.15, -0.1) is 0 Å². The molecule has 1 unspecified atom stereocenters. The van der Waals surface area contributed by atoms with Gasteiger partial charge in [-0.3, -0.25) is 4.90 Å². The Hall–Kier alpha value is -0.830. The normalized spacial score (nSPS) is 13.8. The van der Waals surface area contributed by atoms with Gasteiger partial charge in [0.05, 0.1) is 5.97 Å². The molecule has 0 N–H and O–H groups in total. The quantitative estimate of drug-likeness (QED) is 0.638. The second kappa shape index (κ2) is 6.80. The summed E-state index contributed by atoms with van der Waals surface area (Å²) in [4.78, 5) is 13.3. The average molecular weight is 240 g/mol. The Morgan fingerprint density at radius 3 is 1.88 bits per heavy atom. The third-order valence-electron chi connectivity index (χ3n) is 2.80. The highest BCUT2D eigenvalue weighted by Gasteiger charge is 2.32. The van der Waals surface area contributed by atoms with E-state index in [4.69, 9.17) is 0 Å². The summed E-state index contributed by atoms with van der Waals surface area (Å²) in [7, 11) is 0. The van der Waals surface area contributed by atoms with Gasteiger partial charge < -0.3 is 9.90 Å². The molecule has 0 saturated carbocycles. The van der Waals surface area contributed by atoms with Crippen molar-refractivity contribution in [2.45, 2.75) is 53.5 Å². The van der Waals surface area contributed by atoms with E-state index in [9.17, 15) is 9.90 Å². The molecule has 0 spiro atoms. The highest BCUT2D eigenvalue weighted by Crippen LogP contribution is 2.29. The van der Waals surface area contributed by atoms with Crippen molar-refractivity contribution in [3.63, 3.8) is 0 Å². The van der Waals surface area contributed by atoms with Crippen LogP contribution < -0.4 is 5.11 Å². The van der Waals surface area contributed by atoms with E-state index in [1.165, 1.54) is 0 Å². The van der Waals surface area contributed by atoms with E-state index in [2.05, 4.69) is 25.3 Å². The van der Waals surface area contributed by atoms with Crippen LogP contribution in [0.2, 0.25) is 0 Å². The summed E-state index contributed by atoms with van der Waals surface area (Å²) in [6.07, 6.45) is 2.01. The standard InChI is InChI=1S/C14H27NO2/c1-7-9-15(10-8-2)12(14(4,5)6)11(3)13(16)17/h12H,3,7-10H2,1-2,4-6H3,(H,16,17)/p-1. The van der Waals surface area contributed by atoms with Crippen LogP contribution in [0, 0.1) is 5.41 Å². The van der Waals surface area contributed by atoms with Crippen LogP contribution in [0.3, 0.4) is 0 Å². The van der Waals surface area contributed by atoms with Gasteiger partial charge in [0.25, 0.3) is 0 Å². The smallest absolute Gasteiger partial charge is 0.0685 e. The molecule has 3 nitrogen and oxygen atoms in total. The lowest BCUT2D eigenvalue weighted by molar-refractivity contribution is -0.300. The van der Waals surface area contributed by atoms with Crippen LogP contribution in [-0.2, 0) is 4.79 Å². The first-order valence-electron chi connectivity index (χ1n) is 6.39. The summed E-state index contributed by atoms with van der Waals surface area (Å²) >= 11 is 0. The zero-order chi connectivity index (χ0) is 13.6. The van der Waals surface area contributed by atoms with Gasteiger partial charge in [-0.2, -0.15) is 0 Å². The summed E-state index contributed by atoms with van der Waals surface area (Å²) in [6, 6.07) is -0.160. The minimum atomic E-state index is -1.14. The van der Waals surface area contributed by atoms with E-state index in [1.54, 1.807) is 0 Å². The molecule has 17 heavy (non-hydrogen) atoms. The van der Waals surface area contributed by atoms with Gasteiger partial charge in [-0.1, -0.05) is 41.2 Å². The van der Waals surface area contributed by atoms with Gasteiger partial charge >= 0.3 is 0 Å². The van der Waals surface area contributed by atoms with Crippen molar-refractivity contribution in [3.05, 3.63) is 12.2 Å². The van der Waals surface area contributed by atoms with Gasteiger partial charge in [-0.25, -0.2) is 0 Å². The summed E-state index contributed by atoms with van der Waals surface area (Å²) in [6.45, 7) is 15.8. The first-order chi connectivity index (χ1) is 7.75. The molecule has 0 aromatic rings. The third-order valence-corrected chi connectivity index (χ3v) is 2.80. The number of rotatable bonds is 7. The lowest BCUT2D eigenvalue weighted by Crippen LogP contribution is -2.49. The maximum atomic E-state index is 11.1. The molecule has 3 heteroatoms.